The van der Waals surface area contributed by atoms with Crippen molar-refractivity contribution in [1.82, 2.24) is 14.4 Å². The van der Waals surface area contributed by atoms with Gasteiger partial charge in [0.15, 0.2) is 0 Å². The van der Waals surface area contributed by atoms with Crippen LogP contribution < -0.4 is 4.87 Å². The van der Waals surface area contributed by atoms with Gasteiger partial charge in [-0.1, -0.05) is 53.8 Å². The predicted molar refractivity (Wildman–Crippen MR) is 127 cm³/mol. The predicted octanol–water partition coefficient (Wildman–Crippen LogP) is 3.88. The van der Waals surface area contributed by atoms with Gasteiger partial charge < -0.3 is 4.90 Å². The van der Waals surface area contributed by atoms with E-state index in [1.54, 1.807) is 12.1 Å². The van der Waals surface area contributed by atoms with Gasteiger partial charge in [-0.2, -0.15) is 0 Å². The number of hydrogen-bond donors (Lipinski definition) is 0. The van der Waals surface area contributed by atoms with E-state index in [0.29, 0.717) is 18.8 Å². The summed E-state index contributed by atoms with van der Waals surface area (Å²) >= 11 is 1.12. The number of nitrogens with zero attached hydrogens (tertiary/aromatic N) is 3. The fourth-order valence-corrected chi connectivity index (χ4v) is 4.80. The van der Waals surface area contributed by atoms with Gasteiger partial charge in [0, 0.05) is 37.6 Å². The summed E-state index contributed by atoms with van der Waals surface area (Å²) in [5, 5.41) is 0. The number of hydrogen-bond acceptors (Lipinski definition) is 4. The molecule has 2 aromatic carbocycles. The zero-order valence-corrected chi connectivity index (χ0v) is 18.9. The molecule has 0 aliphatic carbocycles. The Labute approximate surface area is 191 Å². The number of aromatic nitrogens is 1. The summed E-state index contributed by atoms with van der Waals surface area (Å²) in [7, 11) is 0. The monoisotopic (exact) mass is 451 g/mol. The molecule has 2 heterocycles. The van der Waals surface area contributed by atoms with E-state index in [-0.39, 0.29) is 23.1 Å². The Kier molecular flexibility index (Phi) is 6.97. The van der Waals surface area contributed by atoms with Crippen LogP contribution in [0.5, 0.6) is 0 Å². The first-order chi connectivity index (χ1) is 15.5. The first-order valence-electron chi connectivity index (χ1n) is 10.7. The fourth-order valence-electron chi connectivity index (χ4n) is 3.94. The Morgan fingerprint density at radius 1 is 1.03 bits per heavy atom. The molecule has 3 aromatic rings. The van der Waals surface area contributed by atoms with Crippen molar-refractivity contribution in [3.05, 3.63) is 86.6 Å². The highest BCUT2D eigenvalue weighted by molar-refractivity contribution is 7.09. The molecule has 1 fully saturated rings. The van der Waals surface area contributed by atoms with E-state index in [1.807, 2.05) is 30.0 Å². The van der Waals surface area contributed by atoms with E-state index in [9.17, 15) is 14.0 Å². The van der Waals surface area contributed by atoms with Gasteiger partial charge in [-0.15, -0.1) is 0 Å². The highest BCUT2D eigenvalue weighted by Crippen LogP contribution is 2.25. The third kappa shape index (κ3) is 5.23. The molecule has 0 atom stereocenters. The number of carbonyl (C=O) groups excluding carboxylic acids is 1. The van der Waals surface area contributed by atoms with E-state index in [4.69, 9.17) is 0 Å². The molecule has 7 heteroatoms. The summed E-state index contributed by atoms with van der Waals surface area (Å²) < 4.78 is 14.8. The molecule has 5 nitrogen and oxygen atoms in total. The Bertz CT molecular complexity index is 1140. The molecule has 0 unspecified atom stereocenters. The van der Waals surface area contributed by atoms with Crippen LogP contribution in [-0.4, -0.2) is 53.0 Å². The number of piperazine rings is 1. The summed E-state index contributed by atoms with van der Waals surface area (Å²) in [4.78, 5) is 30.3. The first-order valence-corrected chi connectivity index (χ1v) is 11.5. The Morgan fingerprint density at radius 2 is 1.72 bits per heavy atom. The van der Waals surface area contributed by atoms with Crippen molar-refractivity contribution < 1.29 is 9.18 Å². The van der Waals surface area contributed by atoms with Crippen molar-refractivity contribution in [2.45, 2.75) is 13.5 Å². The maximum atomic E-state index is 13.3. The van der Waals surface area contributed by atoms with Crippen LogP contribution in [0.4, 0.5) is 4.39 Å². The van der Waals surface area contributed by atoms with Crippen LogP contribution >= 0.6 is 11.3 Å². The van der Waals surface area contributed by atoms with Crippen LogP contribution in [0.25, 0.3) is 17.3 Å². The van der Waals surface area contributed by atoms with Gasteiger partial charge in [0.05, 0.1) is 5.69 Å². The quantitative estimate of drug-likeness (QED) is 0.571. The lowest BCUT2D eigenvalue weighted by Gasteiger charge is -2.34. The lowest BCUT2D eigenvalue weighted by Crippen LogP contribution is -2.49. The molecule has 0 N–H and O–H groups in total. The largest absolute Gasteiger partial charge is 0.339 e. The zero-order valence-electron chi connectivity index (χ0n) is 18.0. The Balaban J connectivity index is 1.36. The maximum absolute atomic E-state index is 13.3. The standard InChI is InChI=1S/C25H26FN3O2S/c1-19-24(21-9-11-22(26)12-10-21)29(25(31)32-19)18-23(30)28-16-14-27(15-17-28)13-5-8-20-6-3-2-4-7-20/h2-12H,13-18H2,1H3/b8-5+. The minimum Gasteiger partial charge on any atom is -0.339 e. The van der Waals surface area contributed by atoms with E-state index >= 15 is 0 Å². The van der Waals surface area contributed by atoms with Gasteiger partial charge >= 0.3 is 4.87 Å². The van der Waals surface area contributed by atoms with Crippen LogP contribution in [0, 0.1) is 12.7 Å². The Hall–Kier alpha value is -3.03. The summed E-state index contributed by atoms with van der Waals surface area (Å²) in [5.41, 5.74) is 2.61. The second-order valence-corrected chi connectivity index (χ2v) is 9.03. The molecule has 166 valence electrons. The summed E-state index contributed by atoms with van der Waals surface area (Å²) in [6, 6.07) is 16.2. The van der Waals surface area contributed by atoms with Crippen LogP contribution in [0.1, 0.15) is 10.4 Å². The number of halogens is 1. The number of rotatable bonds is 6. The van der Waals surface area contributed by atoms with Crippen LogP contribution in [-0.2, 0) is 11.3 Å². The highest BCUT2D eigenvalue weighted by atomic mass is 32.1. The van der Waals surface area contributed by atoms with Crippen molar-refractivity contribution in [2.24, 2.45) is 0 Å². The topological polar surface area (TPSA) is 45.6 Å². The Morgan fingerprint density at radius 3 is 2.41 bits per heavy atom. The SMILES string of the molecule is Cc1sc(=O)n(CC(=O)N2CCN(C/C=C/c3ccccc3)CC2)c1-c1ccc(F)cc1. The number of thiazole rings is 1. The maximum Gasteiger partial charge on any atom is 0.308 e. The second-order valence-electron chi connectivity index (χ2n) is 7.86. The molecule has 32 heavy (non-hydrogen) atoms. The average molecular weight is 452 g/mol. The minimum atomic E-state index is -0.330. The minimum absolute atomic E-state index is 0.00376. The number of aryl methyl sites for hydroxylation is 1. The van der Waals surface area contributed by atoms with E-state index in [1.165, 1.54) is 22.3 Å². The van der Waals surface area contributed by atoms with Gasteiger partial charge in [0.1, 0.15) is 12.4 Å². The fraction of sp³-hybridized carbons (Fsp3) is 0.280. The van der Waals surface area contributed by atoms with Gasteiger partial charge in [-0.3, -0.25) is 19.1 Å². The van der Waals surface area contributed by atoms with Crippen molar-refractivity contribution in [3.8, 4) is 11.3 Å². The van der Waals surface area contributed by atoms with Crippen LogP contribution in [0.2, 0.25) is 0 Å². The van der Waals surface area contributed by atoms with Gasteiger partial charge in [-0.25, -0.2) is 4.39 Å². The first kappa shape index (κ1) is 22.2. The molecule has 4 rings (SSSR count). The number of carbonyl (C=O) groups is 1. The smallest absolute Gasteiger partial charge is 0.308 e. The van der Waals surface area contributed by atoms with Crippen molar-refractivity contribution in [2.75, 3.05) is 32.7 Å². The van der Waals surface area contributed by atoms with E-state index in [2.05, 4.69) is 29.2 Å². The van der Waals surface area contributed by atoms with Crippen molar-refractivity contribution in [3.63, 3.8) is 0 Å². The third-order valence-electron chi connectivity index (χ3n) is 5.67. The molecule has 0 radical (unpaired) electrons. The lowest BCUT2D eigenvalue weighted by atomic mass is 10.1. The van der Waals surface area contributed by atoms with Crippen LogP contribution in [0.3, 0.4) is 0 Å². The molecule has 0 saturated carbocycles. The summed E-state index contributed by atoms with van der Waals surface area (Å²) in [6.45, 7) is 5.58. The third-order valence-corrected chi connectivity index (χ3v) is 6.57. The molecular weight excluding hydrogens is 425 g/mol. The van der Waals surface area contributed by atoms with E-state index in [0.717, 1.165) is 41.4 Å². The molecule has 0 spiro atoms. The molecule has 1 saturated heterocycles. The summed E-state index contributed by atoms with van der Waals surface area (Å²) in [5.74, 6) is -0.393. The number of benzene rings is 2. The molecule has 1 aliphatic heterocycles. The van der Waals surface area contributed by atoms with Gasteiger partial charge in [0.25, 0.3) is 0 Å². The van der Waals surface area contributed by atoms with Gasteiger partial charge in [-0.05, 0) is 42.3 Å². The lowest BCUT2D eigenvalue weighted by molar-refractivity contribution is -0.133. The molecule has 1 aliphatic rings. The van der Waals surface area contributed by atoms with Crippen LogP contribution in [0.15, 0.2) is 65.5 Å². The molecular formula is C25H26FN3O2S. The number of amides is 1. The second kappa shape index (κ2) is 10.1. The van der Waals surface area contributed by atoms with Gasteiger partial charge in [0.2, 0.25) is 5.91 Å². The zero-order chi connectivity index (χ0) is 22.5. The molecule has 1 aromatic heterocycles. The highest BCUT2D eigenvalue weighted by Gasteiger charge is 2.23. The average Bonchev–Trinajstić information content (AvgIpc) is 3.08. The normalized spacial score (nSPS) is 14.9. The van der Waals surface area contributed by atoms with E-state index < -0.39 is 0 Å². The van der Waals surface area contributed by atoms with Crippen molar-refractivity contribution >= 4 is 23.3 Å². The summed E-state index contributed by atoms with van der Waals surface area (Å²) in [6.07, 6.45) is 4.26. The molecule has 1 amide bonds. The molecule has 0 bridgehead atoms. The van der Waals surface area contributed by atoms with Crippen molar-refractivity contribution in [1.29, 1.82) is 0 Å².